The molecule has 0 aromatic heterocycles. The number of phenolic OH excluding ortho intramolecular Hbond substituents is 1. The molecule has 1 aliphatic heterocycles. The van der Waals surface area contributed by atoms with Crippen LogP contribution in [-0.4, -0.2) is 11.0 Å². The van der Waals surface area contributed by atoms with Gasteiger partial charge in [0, 0.05) is 4.90 Å². The van der Waals surface area contributed by atoms with E-state index in [0.717, 1.165) is 16.1 Å². The van der Waals surface area contributed by atoms with Crippen molar-refractivity contribution in [2.75, 3.05) is 5.32 Å². The molecule has 3 nitrogen and oxygen atoms in total. The third-order valence-corrected chi connectivity index (χ3v) is 4.58. The highest BCUT2D eigenvalue weighted by Gasteiger charge is 2.20. The number of nitrogens with one attached hydrogen (secondary N) is 1. The summed E-state index contributed by atoms with van der Waals surface area (Å²) < 4.78 is 0.605. The fourth-order valence-corrected chi connectivity index (χ4v) is 3.21. The number of phenols is 1. The predicted octanol–water partition coefficient (Wildman–Crippen LogP) is 4.24. The van der Waals surface area contributed by atoms with Crippen LogP contribution in [0, 0.1) is 0 Å². The van der Waals surface area contributed by atoms with E-state index in [1.54, 1.807) is 24.3 Å². The van der Waals surface area contributed by atoms with Crippen LogP contribution in [0.25, 0.3) is 6.08 Å². The summed E-state index contributed by atoms with van der Waals surface area (Å²) in [7, 11) is 0. The van der Waals surface area contributed by atoms with Crippen molar-refractivity contribution in [1.82, 2.24) is 0 Å². The summed E-state index contributed by atoms with van der Waals surface area (Å²) >= 11 is 4.71. The van der Waals surface area contributed by atoms with Gasteiger partial charge in [-0.05, 0) is 51.8 Å². The Bertz CT molecular complexity index is 728. The first kappa shape index (κ1) is 13.3. The molecule has 2 aromatic rings. The van der Waals surface area contributed by atoms with Crippen molar-refractivity contribution in [1.29, 1.82) is 0 Å². The van der Waals surface area contributed by atoms with Crippen molar-refractivity contribution < 1.29 is 9.90 Å². The summed E-state index contributed by atoms with van der Waals surface area (Å²) in [5, 5.41) is 12.3. The number of carbonyl (C=O) groups excluding carboxylic acids is 1. The smallest absolute Gasteiger partial charge is 0.262 e. The number of hydrogen-bond donors (Lipinski definition) is 2. The van der Waals surface area contributed by atoms with Gasteiger partial charge in [0.1, 0.15) is 5.75 Å². The first-order valence-electron chi connectivity index (χ1n) is 5.92. The second kappa shape index (κ2) is 5.34. The van der Waals surface area contributed by atoms with Gasteiger partial charge in [-0.2, -0.15) is 0 Å². The monoisotopic (exact) mass is 347 g/mol. The lowest BCUT2D eigenvalue weighted by Crippen LogP contribution is -2.17. The van der Waals surface area contributed by atoms with Crippen LogP contribution in [0.3, 0.4) is 0 Å². The van der Waals surface area contributed by atoms with Gasteiger partial charge in [-0.3, -0.25) is 4.79 Å². The molecule has 0 bridgehead atoms. The molecule has 3 rings (SSSR count). The lowest BCUT2D eigenvalue weighted by molar-refractivity contribution is -0.112. The molecule has 0 atom stereocenters. The van der Waals surface area contributed by atoms with Gasteiger partial charge < -0.3 is 10.4 Å². The number of rotatable bonds is 1. The van der Waals surface area contributed by atoms with Crippen LogP contribution >= 0.6 is 27.7 Å². The SMILES string of the molecule is O=C1Nc2ccccc2S/C1=C\c1ccc(O)c(Br)c1. The largest absolute Gasteiger partial charge is 0.507 e. The maximum Gasteiger partial charge on any atom is 0.262 e. The standard InChI is InChI=1S/C15H10BrNO2S/c16-10-7-9(5-6-12(10)18)8-14-15(19)17-11-3-1-2-4-13(11)20-14/h1-8,18H,(H,17,19)/b14-8-. The van der Waals surface area contributed by atoms with Gasteiger partial charge in [-0.1, -0.05) is 30.0 Å². The van der Waals surface area contributed by atoms with E-state index in [9.17, 15) is 9.90 Å². The number of fused-ring (bicyclic) bond motifs is 1. The van der Waals surface area contributed by atoms with Crippen LogP contribution in [-0.2, 0) is 4.79 Å². The van der Waals surface area contributed by atoms with Crippen molar-refractivity contribution in [2.45, 2.75) is 4.90 Å². The highest BCUT2D eigenvalue weighted by atomic mass is 79.9. The van der Waals surface area contributed by atoms with Gasteiger partial charge in [0.15, 0.2) is 0 Å². The third kappa shape index (κ3) is 2.59. The maximum absolute atomic E-state index is 12.1. The second-order valence-corrected chi connectivity index (χ2v) is 6.21. The fourth-order valence-electron chi connectivity index (χ4n) is 1.87. The van der Waals surface area contributed by atoms with Gasteiger partial charge in [0.2, 0.25) is 0 Å². The van der Waals surface area contributed by atoms with Crippen molar-refractivity contribution >= 4 is 45.4 Å². The van der Waals surface area contributed by atoms with Gasteiger partial charge in [0.05, 0.1) is 15.1 Å². The Balaban J connectivity index is 1.96. The van der Waals surface area contributed by atoms with E-state index in [-0.39, 0.29) is 11.7 Å². The fraction of sp³-hybridized carbons (Fsp3) is 0. The Morgan fingerprint density at radius 3 is 2.80 bits per heavy atom. The number of amides is 1. The number of aromatic hydroxyl groups is 1. The van der Waals surface area contributed by atoms with E-state index in [1.165, 1.54) is 11.8 Å². The van der Waals surface area contributed by atoms with Gasteiger partial charge in [-0.25, -0.2) is 0 Å². The van der Waals surface area contributed by atoms with Crippen LogP contribution in [0.4, 0.5) is 5.69 Å². The minimum absolute atomic E-state index is 0.113. The molecule has 2 N–H and O–H groups in total. The zero-order chi connectivity index (χ0) is 14.1. The molecule has 0 saturated heterocycles. The van der Waals surface area contributed by atoms with Crippen LogP contribution in [0.5, 0.6) is 5.75 Å². The zero-order valence-corrected chi connectivity index (χ0v) is 12.7. The van der Waals surface area contributed by atoms with E-state index < -0.39 is 0 Å². The summed E-state index contributed by atoms with van der Waals surface area (Å²) in [4.78, 5) is 13.7. The average Bonchev–Trinajstić information content (AvgIpc) is 2.44. The summed E-state index contributed by atoms with van der Waals surface area (Å²) in [5.74, 6) is 0.0659. The van der Waals surface area contributed by atoms with Crippen LogP contribution in [0.1, 0.15) is 5.56 Å². The number of para-hydroxylation sites is 1. The molecule has 2 aromatic carbocycles. The molecule has 100 valence electrons. The Kier molecular flexibility index (Phi) is 3.54. The predicted molar refractivity (Wildman–Crippen MR) is 84.7 cm³/mol. The molecule has 0 fully saturated rings. The number of thioether (sulfide) groups is 1. The van der Waals surface area contributed by atoms with E-state index in [0.29, 0.717) is 9.38 Å². The number of carbonyl (C=O) groups is 1. The first-order valence-corrected chi connectivity index (χ1v) is 7.53. The van der Waals surface area contributed by atoms with E-state index >= 15 is 0 Å². The molecular weight excluding hydrogens is 338 g/mol. The van der Waals surface area contributed by atoms with Gasteiger partial charge in [-0.15, -0.1) is 0 Å². The molecule has 0 spiro atoms. The molecule has 0 saturated carbocycles. The molecule has 0 unspecified atom stereocenters. The number of anilines is 1. The topological polar surface area (TPSA) is 49.3 Å². The molecule has 0 radical (unpaired) electrons. The number of halogens is 1. The van der Waals surface area contributed by atoms with E-state index in [2.05, 4.69) is 21.2 Å². The van der Waals surface area contributed by atoms with Crippen LogP contribution in [0.15, 0.2) is 56.7 Å². The number of hydrogen-bond acceptors (Lipinski definition) is 3. The van der Waals surface area contributed by atoms with Crippen LogP contribution < -0.4 is 5.32 Å². The summed E-state index contributed by atoms with van der Waals surface area (Å²) in [6.45, 7) is 0. The maximum atomic E-state index is 12.1. The highest BCUT2D eigenvalue weighted by molar-refractivity contribution is 9.10. The Morgan fingerprint density at radius 1 is 1.20 bits per heavy atom. The van der Waals surface area contributed by atoms with E-state index in [4.69, 9.17) is 0 Å². The Morgan fingerprint density at radius 2 is 2.00 bits per heavy atom. The highest BCUT2D eigenvalue weighted by Crippen LogP contribution is 2.38. The number of benzene rings is 2. The Hall–Kier alpha value is -1.72. The van der Waals surface area contributed by atoms with Crippen molar-refractivity contribution in [2.24, 2.45) is 0 Å². The molecule has 1 amide bonds. The summed E-state index contributed by atoms with van der Waals surface area (Å²) in [6, 6.07) is 12.8. The molecule has 5 heteroatoms. The lowest BCUT2D eigenvalue weighted by atomic mass is 10.2. The quantitative estimate of drug-likeness (QED) is 0.758. The minimum atomic E-state index is -0.113. The van der Waals surface area contributed by atoms with E-state index in [1.807, 2.05) is 24.3 Å². The van der Waals surface area contributed by atoms with Crippen LogP contribution in [0.2, 0.25) is 0 Å². The van der Waals surface area contributed by atoms with Gasteiger partial charge in [0.25, 0.3) is 5.91 Å². The van der Waals surface area contributed by atoms with Crippen molar-refractivity contribution in [3.8, 4) is 5.75 Å². The molecular formula is C15H10BrNO2S. The summed E-state index contributed by atoms with van der Waals surface area (Å²) in [5.41, 5.74) is 1.69. The molecule has 1 heterocycles. The Labute approximate surface area is 128 Å². The van der Waals surface area contributed by atoms with Crippen molar-refractivity contribution in [3.63, 3.8) is 0 Å². The minimum Gasteiger partial charge on any atom is -0.507 e. The second-order valence-electron chi connectivity index (χ2n) is 4.27. The normalized spacial score (nSPS) is 15.8. The van der Waals surface area contributed by atoms with Crippen molar-refractivity contribution in [3.05, 3.63) is 57.4 Å². The molecule has 20 heavy (non-hydrogen) atoms. The summed E-state index contributed by atoms with van der Waals surface area (Å²) in [6.07, 6.45) is 1.81. The molecule has 1 aliphatic rings. The van der Waals surface area contributed by atoms with Gasteiger partial charge >= 0.3 is 0 Å². The first-order chi connectivity index (χ1) is 9.63. The zero-order valence-electron chi connectivity index (χ0n) is 10.3. The average molecular weight is 348 g/mol. The molecule has 0 aliphatic carbocycles. The third-order valence-electron chi connectivity index (χ3n) is 2.85. The lowest BCUT2D eigenvalue weighted by Gasteiger charge is -2.18.